The van der Waals surface area contributed by atoms with Crippen molar-refractivity contribution in [2.75, 3.05) is 7.11 Å². The van der Waals surface area contributed by atoms with Gasteiger partial charge in [-0.3, -0.25) is 0 Å². The van der Waals surface area contributed by atoms with Crippen LogP contribution in [-0.2, 0) is 0 Å². The van der Waals surface area contributed by atoms with Crippen molar-refractivity contribution < 1.29 is 19.7 Å². The molecule has 0 spiro atoms. The first-order valence-corrected chi connectivity index (χ1v) is 6.46. The Morgan fingerprint density at radius 1 is 1.00 bits per heavy atom. The number of aliphatic hydroxyl groups excluding tert-OH is 2. The quantitative estimate of drug-likeness (QED) is 0.880. The van der Waals surface area contributed by atoms with Crippen LogP contribution in [0.15, 0.2) is 48.5 Å². The molecule has 1 heterocycles. The number of rotatable bonds is 2. The summed E-state index contributed by atoms with van der Waals surface area (Å²) >= 11 is 0. The number of methoxy groups -OCH3 is 1. The third kappa shape index (κ3) is 2.13. The van der Waals surface area contributed by atoms with Crippen molar-refractivity contribution in [2.45, 2.75) is 18.3 Å². The second-order valence-corrected chi connectivity index (χ2v) is 4.79. The van der Waals surface area contributed by atoms with Crippen molar-refractivity contribution in [3.8, 4) is 11.5 Å². The molecular weight excluding hydrogens is 256 g/mol. The van der Waals surface area contributed by atoms with Gasteiger partial charge in [0.05, 0.1) is 19.1 Å². The molecule has 4 heteroatoms. The Balaban J connectivity index is 1.97. The minimum Gasteiger partial charge on any atom is -0.497 e. The van der Waals surface area contributed by atoms with E-state index in [1.54, 1.807) is 25.3 Å². The zero-order chi connectivity index (χ0) is 14.1. The van der Waals surface area contributed by atoms with Gasteiger partial charge in [0.2, 0.25) is 6.29 Å². The van der Waals surface area contributed by atoms with E-state index in [1.807, 2.05) is 30.3 Å². The molecule has 3 atom stereocenters. The highest BCUT2D eigenvalue weighted by Gasteiger charge is 2.37. The first-order valence-electron chi connectivity index (χ1n) is 6.46. The summed E-state index contributed by atoms with van der Waals surface area (Å²) in [5.74, 6) is 0.739. The van der Waals surface area contributed by atoms with Crippen molar-refractivity contribution in [1.82, 2.24) is 0 Å². The van der Waals surface area contributed by atoms with Crippen LogP contribution in [0.4, 0.5) is 0 Å². The second-order valence-electron chi connectivity index (χ2n) is 4.79. The van der Waals surface area contributed by atoms with Crippen LogP contribution in [0.25, 0.3) is 0 Å². The molecule has 0 fully saturated rings. The SMILES string of the molecule is COc1ccc(C2C(O)Oc3ccccc3C2O)cc1. The summed E-state index contributed by atoms with van der Waals surface area (Å²) < 4.78 is 10.6. The van der Waals surface area contributed by atoms with Crippen molar-refractivity contribution in [2.24, 2.45) is 0 Å². The molecule has 4 nitrogen and oxygen atoms in total. The molecule has 104 valence electrons. The van der Waals surface area contributed by atoms with Crippen molar-refractivity contribution in [3.05, 3.63) is 59.7 Å². The summed E-state index contributed by atoms with van der Waals surface area (Å²) in [4.78, 5) is 0. The van der Waals surface area contributed by atoms with Crippen LogP contribution in [0.3, 0.4) is 0 Å². The van der Waals surface area contributed by atoms with Crippen molar-refractivity contribution >= 4 is 0 Å². The Bertz CT molecular complexity index is 594. The van der Waals surface area contributed by atoms with Crippen LogP contribution in [0, 0.1) is 0 Å². The fourth-order valence-corrected chi connectivity index (χ4v) is 2.56. The molecule has 2 N–H and O–H groups in total. The molecule has 20 heavy (non-hydrogen) atoms. The van der Waals surface area contributed by atoms with E-state index < -0.39 is 18.3 Å². The molecule has 0 saturated carbocycles. The van der Waals surface area contributed by atoms with E-state index in [4.69, 9.17) is 9.47 Å². The van der Waals surface area contributed by atoms with Gasteiger partial charge in [0, 0.05) is 5.56 Å². The Hall–Kier alpha value is -2.04. The smallest absolute Gasteiger partial charge is 0.207 e. The molecule has 0 saturated heterocycles. The van der Waals surface area contributed by atoms with E-state index in [2.05, 4.69) is 0 Å². The third-order valence-electron chi connectivity index (χ3n) is 3.63. The average molecular weight is 272 g/mol. The number of para-hydroxylation sites is 1. The summed E-state index contributed by atoms with van der Waals surface area (Å²) in [6, 6.07) is 14.5. The minimum atomic E-state index is -1.08. The molecule has 3 rings (SSSR count). The van der Waals surface area contributed by atoms with E-state index in [9.17, 15) is 10.2 Å². The highest BCUT2D eigenvalue weighted by atomic mass is 16.6. The van der Waals surface area contributed by atoms with E-state index in [0.717, 1.165) is 11.3 Å². The lowest BCUT2D eigenvalue weighted by atomic mass is 9.86. The van der Waals surface area contributed by atoms with Gasteiger partial charge in [-0.05, 0) is 23.8 Å². The molecule has 3 unspecified atom stereocenters. The average Bonchev–Trinajstić information content (AvgIpc) is 2.48. The van der Waals surface area contributed by atoms with E-state index in [1.165, 1.54) is 0 Å². The fraction of sp³-hybridized carbons (Fsp3) is 0.250. The molecule has 0 radical (unpaired) electrons. The lowest BCUT2D eigenvalue weighted by Crippen LogP contribution is -2.34. The first-order chi connectivity index (χ1) is 9.70. The summed E-state index contributed by atoms with van der Waals surface area (Å²) in [5.41, 5.74) is 1.50. The van der Waals surface area contributed by atoms with Gasteiger partial charge in [0.25, 0.3) is 0 Å². The van der Waals surface area contributed by atoms with E-state index in [0.29, 0.717) is 11.3 Å². The van der Waals surface area contributed by atoms with Crippen LogP contribution in [0.2, 0.25) is 0 Å². The van der Waals surface area contributed by atoms with Crippen LogP contribution < -0.4 is 9.47 Å². The van der Waals surface area contributed by atoms with Crippen LogP contribution in [0.1, 0.15) is 23.1 Å². The number of hydrogen-bond donors (Lipinski definition) is 2. The molecule has 0 amide bonds. The predicted octanol–water partition coefficient (Wildman–Crippen LogP) is 2.22. The van der Waals surface area contributed by atoms with Gasteiger partial charge < -0.3 is 19.7 Å². The Morgan fingerprint density at radius 3 is 2.40 bits per heavy atom. The van der Waals surface area contributed by atoms with Gasteiger partial charge >= 0.3 is 0 Å². The summed E-state index contributed by atoms with van der Waals surface area (Å²) in [6.45, 7) is 0. The highest BCUT2D eigenvalue weighted by Crippen LogP contribution is 2.43. The second kappa shape index (κ2) is 5.15. The minimum absolute atomic E-state index is 0.518. The third-order valence-corrected chi connectivity index (χ3v) is 3.63. The van der Waals surface area contributed by atoms with Gasteiger partial charge in [-0.1, -0.05) is 30.3 Å². The normalized spacial score (nSPS) is 24.6. The summed E-state index contributed by atoms with van der Waals surface area (Å²) in [6.07, 6.45) is -1.88. The topological polar surface area (TPSA) is 58.9 Å². The van der Waals surface area contributed by atoms with Crippen molar-refractivity contribution in [3.63, 3.8) is 0 Å². The Labute approximate surface area is 117 Å². The molecule has 2 aromatic carbocycles. The molecule has 0 aromatic heterocycles. The Morgan fingerprint density at radius 2 is 1.70 bits per heavy atom. The maximum Gasteiger partial charge on any atom is 0.207 e. The van der Waals surface area contributed by atoms with Gasteiger partial charge in [0.1, 0.15) is 11.5 Å². The lowest BCUT2D eigenvalue weighted by Gasteiger charge is -2.34. The zero-order valence-corrected chi connectivity index (χ0v) is 11.1. The number of hydrogen-bond acceptors (Lipinski definition) is 4. The van der Waals surface area contributed by atoms with Crippen LogP contribution in [-0.4, -0.2) is 23.6 Å². The number of fused-ring (bicyclic) bond motifs is 1. The number of ether oxygens (including phenoxy) is 2. The van der Waals surface area contributed by atoms with Crippen LogP contribution in [0.5, 0.6) is 11.5 Å². The van der Waals surface area contributed by atoms with Gasteiger partial charge in [-0.2, -0.15) is 0 Å². The molecule has 1 aliphatic rings. The van der Waals surface area contributed by atoms with E-state index >= 15 is 0 Å². The maximum absolute atomic E-state index is 10.5. The lowest BCUT2D eigenvalue weighted by molar-refractivity contribution is -0.0882. The number of aliphatic hydroxyl groups is 2. The molecular formula is C16H16O4. The monoisotopic (exact) mass is 272 g/mol. The van der Waals surface area contributed by atoms with Crippen molar-refractivity contribution in [1.29, 1.82) is 0 Å². The first kappa shape index (κ1) is 13.0. The summed E-state index contributed by atoms with van der Waals surface area (Å²) in [7, 11) is 1.60. The highest BCUT2D eigenvalue weighted by molar-refractivity contribution is 5.41. The predicted molar refractivity (Wildman–Crippen MR) is 73.8 cm³/mol. The van der Waals surface area contributed by atoms with Gasteiger partial charge in [-0.25, -0.2) is 0 Å². The molecule has 2 aromatic rings. The Kier molecular flexibility index (Phi) is 3.34. The largest absolute Gasteiger partial charge is 0.497 e. The standard InChI is InChI=1S/C16H16O4/c1-19-11-8-6-10(7-9-11)14-15(17)12-4-2-3-5-13(12)20-16(14)18/h2-9,14-18H,1H3. The van der Waals surface area contributed by atoms with Gasteiger partial charge in [-0.15, -0.1) is 0 Å². The maximum atomic E-state index is 10.5. The summed E-state index contributed by atoms with van der Waals surface area (Å²) in [5, 5.41) is 20.7. The zero-order valence-electron chi connectivity index (χ0n) is 11.1. The van der Waals surface area contributed by atoms with Gasteiger partial charge in [0.15, 0.2) is 0 Å². The molecule has 0 aliphatic carbocycles. The van der Waals surface area contributed by atoms with E-state index in [-0.39, 0.29) is 0 Å². The fourth-order valence-electron chi connectivity index (χ4n) is 2.56. The number of benzene rings is 2. The molecule has 1 aliphatic heterocycles. The van der Waals surface area contributed by atoms with Crippen LogP contribution >= 0.6 is 0 Å². The molecule has 0 bridgehead atoms.